The highest BCUT2D eigenvalue weighted by molar-refractivity contribution is 5.72. The van der Waals surface area contributed by atoms with Gasteiger partial charge in [-0.15, -0.1) is 0 Å². The molecule has 0 aromatic rings. The third kappa shape index (κ3) is 4.44. The van der Waals surface area contributed by atoms with E-state index in [1.54, 1.807) is 12.5 Å². The largest absolute Gasteiger partial charge is 0.491 e. The summed E-state index contributed by atoms with van der Waals surface area (Å²) in [5.41, 5.74) is 3.57. The van der Waals surface area contributed by atoms with Gasteiger partial charge in [-0.2, -0.15) is 0 Å². The predicted octanol–water partition coefficient (Wildman–Crippen LogP) is 7.11. The van der Waals surface area contributed by atoms with Crippen LogP contribution in [0.5, 0.6) is 0 Å². The molecule has 0 aromatic heterocycles. The lowest BCUT2D eigenvalue weighted by Gasteiger charge is -2.58. The highest BCUT2D eigenvalue weighted by atomic mass is 16.5. The Labute approximate surface area is 230 Å². The molecule has 4 aliphatic carbocycles. The van der Waals surface area contributed by atoms with Gasteiger partial charge in [0.2, 0.25) is 5.91 Å². The first-order chi connectivity index (χ1) is 17.9. The predicted molar refractivity (Wildman–Crippen MR) is 150 cm³/mol. The van der Waals surface area contributed by atoms with Gasteiger partial charge < -0.3 is 14.8 Å². The highest BCUT2D eigenvalue weighted by Crippen LogP contribution is 2.72. The van der Waals surface area contributed by atoms with Gasteiger partial charge in [0, 0.05) is 39.2 Å². The number of amides is 1. The summed E-state index contributed by atoms with van der Waals surface area (Å²) in [4.78, 5) is 22.9. The van der Waals surface area contributed by atoms with Crippen molar-refractivity contribution in [3.63, 3.8) is 0 Å². The first kappa shape index (κ1) is 27.8. The van der Waals surface area contributed by atoms with Crippen molar-refractivity contribution in [3.8, 4) is 0 Å². The van der Waals surface area contributed by atoms with Crippen molar-refractivity contribution >= 4 is 11.9 Å². The van der Waals surface area contributed by atoms with E-state index in [9.17, 15) is 9.59 Å². The van der Waals surface area contributed by atoms with Crippen LogP contribution in [-0.2, 0) is 19.1 Å². The van der Waals surface area contributed by atoms with Gasteiger partial charge in [-0.1, -0.05) is 39.3 Å². The Kier molecular flexibility index (Phi) is 7.31. The second-order valence-electron chi connectivity index (χ2n) is 14.1. The number of ether oxygens (including phenoxy) is 2. The van der Waals surface area contributed by atoms with Crippen molar-refractivity contribution in [1.29, 1.82) is 0 Å². The summed E-state index contributed by atoms with van der Waals surface area (Å²) in [6, 6.07) is 0. The number of hydrogen-bond donors (Lipinski definition) is 1. The van der Waals surface area contributed by atoms with E-state index in [0.29, 0.717) is 23.2 Å². The molecule has 5 aliphatic rings. The molecular weight excluding hydrogens is 474 g/mol. The minimum atomic E-state index is -0.145. The molecule has 9 atom stereocenters. The summed E-state index contributed by atoms with van der Waals surface area (Å²) < 4.78 is 12.7. The topological polar surface area (TPSA) is 64.6 Å². The van der Waals surface area contributed by atoms with E-state index in [1.807, 2.05) is 0 Å². The molecule has 1 heterocycles. The van der Waals surface area contributed by atoms with E-state index in [4.69, 9.17) is 9.47 Å². The fourth-order valence-electron chi connectivity index (χ4n) is 10.1. The van der Waals surface area contributed by atoms with Crippen LogP contribution < -0.4 is 5.32 Å². The van der Waals surface area contributed by atoms with Crippen molar-refractivity contribution in [2.24, 2.45) is 40.4 Å². The number of nitrogens with one attached hydrogen (secondary N) is 1. The van der Waals surface area contributed by atoms with Crippen LogP contribution in [0.3, 0.4) is 0 Å². The lowest BCUT2D eigenvalue weighted by atomic mass is 9.47. The first-order valence-corrected chi connectivity index (χ1v) is 15.4. The summed E-state index contributed by atoms with van der Waals surface area (Å²) in [5, 5.41) is 2.97. The maximum Gasteiger partial charge on any atom is 0.302 e. The van der Waals surface area contributed by atoms with Gasteiger partial charge in [0.25, 0.3) is 0 Å². The molecule has 5 rings (SSSR count). The second-order valence-corrected chi connectivity index (χ2v) is 14.1. The van der Waals surface area contributed by atoms with Crippen molar-refractivity contribution in [3.05, 3.63) is 23.0 Å². The Morgan fingerprint density at radius 2 is 1.95 bits per heavy atom. The fraction of sp³-hybridized carbons (Fsp3) is 0.818. The zero-order valence-electron chi connectivity index (χ0n) is 25.0. The van der Waals surface area contributed by atoms with Crippen LogP contribution in [0, 0.1) is 40.4 Å². The summed E-state index contributed by atoms with van der Waals surface area (Å²) in [7, 11) is 0. The molecule has 5 heteroatoms. The molecule has 3 saturated carbocycles. The van der Waals surface area contributed by atoms with E-state index in [2.05, 4.69) is 46.0 Å². The number of fused-ring (bicyclic) bond motifs is 7. The molecule has 0 spiro atoms. The summed E-state index contributed by atoms with van der Waals surface area (Å²) in [6.07, 6.45) is 13.7. The summed E-state index contributed by atoms with van der Waals surface area (Å²) >= 11 is 0. The van der Waals surface area contributed by atoms with Crippen LogP contribution in [0.2, 0.25) is 0 Å². The summed E-state index contributed by atoms with van der Waals surface area (Å²) in [6.45, 7) is 15.9. The quantitative estimate of drug-likeness (QED) is 0.284. The molecule has 1 amide bonds. The van der Waals surface area contributed by atoms with Gasteiger partial charge in [-0.25, -0.2) is 0 Å². The van der Waals surface area contributed by atoms with Crippen LogP contribution in [0.15, 0.2) is 23.0 Å². The van der Waals surface area contributed by atoms with E-state index in [-0.39, 0.29) is 29.0 Å². The zero-order chi connectivity index (χ0) is 27.5. The minimum absolute atomic E-state index is 0.0491. The summed E-state index contributed by atoms with van der Waals surface area (Å²) in [5.74, 6) is 4.26. The van der Waals surface area contributed by atoms with Crippen LogP contribution in [0.1, 0.15) is 113 Å². The Bertz CT molecular complexity index is 1030. The van der Waals surface area contributed by atoms with Crippen molar-refractivity contribution in [2.45, 2.75) is 124 Å². The number of carbonyl (C=O) groups is 2. The molecule has 0 saturated heterocycles. The van der Waals surface area contributed by atoms with E-state index >= 15 is 0 Å². The Morgan fingerprint density at radius 1 is 1.18 bits per heavy atom. The third-order valence-electron chi connectivity index (χ3n) is 11.9. The third-order valence-corrected chi connectivity index (χ3v) is 11.9. The van der Waals surface area contributed by atoms with E-state index < -0.39 is 0 Å². The van der Waals surface area contributed by atoms with Crippen LogP contribution in [0.25, 0.3) is 0 Å². The molecule has 0 aromatic carbocycles. The average molecular weight is 526 g/mol. The number of allylic oxidation sites excluding steroid dienone is 2. The number of carbonyl (C=O) groups excluding carboxylic acids is 2. The van der Waals surface area contributed by atoms with Crippen LogP contribution >= 0.6 is 0 Å². The lowest BCUT2D eigenvalue weighted by molar-refractivity contribution is -0.148. The standard InChI is InChI=1S/C33H51NO4/c1-8-33-18-28-26-11-10-24-17-25(37-23(5)36)13-15-31(24,6)27(26)14-16-32(28,7)30(33)21(3)29(38-33)12-9-20(2)19-34-22(4)35/h10,20,25-28,30H,8-9,11-19H2,1-7H3,(H,34,35)/t20-,25-,26-,27+,28+,30-,31+,32+,33-/m1/s1. The molecule has 0 unspecified atom stereocenters. The average Bonchev–Trinajstić information content (AvgIpc) is 3.30. The molecule has 0 bridgehead atoms. The minimum Gasteiger partial charge on any atom is -0.491 e. The van der Waals surface area contributed by atoms with E-state index in [1.165, 1.54) is 43.9 Å². The molecule has 3 fully saturated rings. The Morgan fingerprint density at radius 3 is 2.63 bits per heavy atom. The van der Waals surface area contributed by atoms with Gasteiger partial charge >= 0.3 is 5.97 Å². The van der Waals surface area contributed by atoms with E-state index in [0.717, 1.165) is 56.9 Å². The smallest absolute Gasteiger partial charge is 0.302 e. The van der Waals surface area contributed by atoms with Gasteiger partial charge in [0.05, 0.1) is 5.76 Å². The Hall–Kier alpha value is -1.78. The van der Waals surface area contributed by atoms with Gasteiger partial charge in [-0.3, -0.25) is 9.59 Å². The molecule has 1 N–H and O–H groups in total. The molecule has 0 radical (unpaired) electrons. The van der Waals surface area contributed by atoms with Crippen LogP contribution in [-0.4, -0.2) is 30.1 Å². The SMILES string of the molecule is CC[C@@]12C[C@H]3[C@@H]4CC=C5C[C@H](OC(C)=O)CC[C@]5(C)[C@H]4CC[C@]3(C)[C@H]1C(C)=C(CC[C@@H](C)CNC(C)=O)O2. The first-order valence-electron chi connectivity index (χ1n) is 15.4. The Balaban J connectivity index is 1.35. The van der Waals surface area contributed by atoms with Crippen molar-refractivity contribution in [2.75, 3.05) is 6.54 Å². The van der Waals surface area contributed by atoms with Gasteiger partial charge in [0.1, 0.15) is 11.7 Å². The van der Waals surface area contributed by atoms with Crippen LogP contribution in [0.4, 0.5) is 0 Å². The maximum atomic E-state index is 11.6. The molecule has 5 nitrogen and oxygen atoms in total. The number of rotatable bonds is 7. The maximum absolute atomic E-state index is 11.6. The van der Waals surface area contributed by atoms with Gasteiger partial charge in [-0.05, 0) is 98.4 Å². The molecule has 1 aliphatic heterocycles. The fourth-order valence-corrected chi connectivity index (χ4v) is 10.1. The van der Waals surface area contributed by atoms with Gasteiger partial charge in [0.15, 0.2) is 0 Å². The molecule has 38 heavy (non-hydrogen) atoms. The molecule has 212 valence electrons. The lowest BCUT2D eigenvalue weighted by Crippen LogP contribution is -2.50. The number of hydrogen-bond acceptors (Lipinski definition) is 4. The second kappa shape index (κ2) is 10.0. The zero-order valence-corrected chi connectivity index (χ0v) is 25.0. The van der Waals surface area contributed by atoms with Crippen molar-refractivity contribution < 1.29 is 19.1 Å². The molecular formula is C33H51NO4. The number of esters is 1. The normalized spacial score (nSPS) is 42.2. The monoisotopic (exact) mass is 525 g/mol. The highest BCUT2D eigenvalue weighted by Gasteiger charge is 2.68. The van der Waals surface area contributed by atoms with Crippen molar-refractivity contribution in [1.82, 2.24) is 5.32 Å².